The van der Waals surface area contributed by atoms with E-state index in [1.165, 1.54) is 12.3 Å². The van der Waals surface area contributed by atoms with E-state index in [1.807, 2.05) is 25.1 Å². The van der Waals surface area contributed by atoms with Gasteiger partial charge in [-0.3, -0.25) is 0 Å². The quantitative estimate of drug-likeness (QED) is 0.285. The largest absolute Gasteiger partial charge is 0.416 e. The number of nitrogen functional groups attached to an aromatic ring is 1. The van der Waals surface area contributed by atoms with Gasteiger partial charge in [-0.05, 0) is 59.9 Å². The number of halogens is 3. The van der Waals surface area contributed by atoms with Crippen molar-refractivity contribution in [3.05, 3.63) is 76.9 Å². The van der Waals surface area contributed by atoms with E-state index >= 15 is 0 Å². The fourth-order valence-corrected chi connectivity index (χ4v) is 2.63. The molecular weight excluding hydrogens is 337 g/mol. The Balaban J connectivity index is 2.65. The van der Waals surface area contributed by atoms with E-state index in [0.29, 0.717) is 16.8 Å². The molecule has 136 valence electrons. The Morgan fingerprint density at radius 1 is 1.12 bits per heavy atom. The Kier molecular flexibility index (Phi) is 6.03. The summed E-state index contributed by atoms with van der Waals surface area (Å²) in [4.78, 5) is 0. The van der Waals surface area contributed by atoms with E-state index in [-0.39, 0.29) is 0 Å². The normalized spacial score (nSPS) is 13.0. The summed E-state index contributed by atoms with van der Waals surface area (Å²) in [6.07, 6.45) is 1.43. The van der Waals surface area contributed by atoms with Gasteiger partial charge in [0, 0.05) is 17.5 Å². The van der Waals surface area contributed by atoms with Crippen molar-refractivity contribution in [1.29, 1.82) is 5.41 Å². The van der Waals surface area contributed by atoms with Gasteiger partial charge in [0.05, 0.1) is 5.56 Å². The fourth-order valence-electron chi connectivity index (χ4n) is 2.63. The maximum atomic E-state index is 13.0. The molecule has 0 radical (unpaired) electrons. The summed E-state index contributed by atoms with van der Waals surface area (Å²) in [5, 5.41) is 7.46. The highest BCUT2D eigenvalue weighted by molar-refractivity contribution is 5.97. The first-order valence-electron chi connectivity index (χ1n) is 8.23. The number of rotatable bonds is 5. The zero-order valence-corrected chi connectivity index (χ0v) is 14.7. The number of allylic oxidation sites excluding steroid dienone is 4. The molecule has 0 spiro atoms. The molecule has 0 aliphatic heterocycles. The molecule has 0 unspecified atom stereocenters. The first kappa shape index (κ1) is 19.5. The summed E-state index contributed by atoms with van der Waals surface area (Å²) < 4.78 is 39.1. The number of anilines is 1. The zero-order valence-electron chi connectivity index (χ0n) is 14.7. The minimum absolute atomic E-state index is 0.485. The van der Waals surface area contributed by atoms with Gasteiger partial charge in [0.2, 0.25) is 0 Å². The second-order valence-electron chi connectivity index (χ2n) is 5.92. The minimum Gasteiger partial charge on any atom is -0.398 e. The predicted molar refractivity (Wildman–Crippen MR) is 102 cm³/mol. The fraction of sp³-hybridized carbons (Fsp3) is 0.190. The molecule has 0 aliphatic rings. The molecule has 0 atom stereocenters. The Hall–Kier alpha value is -2.82. The number of alkyl halides is 3. The van der Waals surface area contributed by atoms with Crippen LogP contribution in [0, 0.1) is 5.41 Å². The van der Waals surface area contributed by atoms with Gasteiger partial charge in [0.15, 0.2) is 0 Å². The molecule has 2 aromatic rings. The Labute approximate surface area is 151 Å². The average Bonchev–Trinajstić information content (AvgIpc) is 2.62. The summed E-state index contributed by atoms with van der Waals surface area (Å²) >= 11 is 0. The molecule has 0 saturated carbocycles. The lowest BCUT2D eigenvalue weighted by atomic mass is 9.93. The molecule has 2 aromatic carbocycles. The Morgan fingerprint density at radius 2 is 1.85 bits per heavy atom. The standard InChI is InChI=1S/C21H21F3N2/c1-3-4-8-19(16-9-10-20(26)17(11-16)13-25)14(2)15-6-5-7-18(12-15)21(22,23)24/h4-13,25H,3,26H2,1-2H3/b8-4-,19-14-,25-13?. The van der Waals surface area contributed by atoms with E-state index in [4.69, 9.17) is 11.1 Å². The van der Waals surface area contributed by atoms with Crippen LogP contribution in [0.2, 0.25) is 0 Å². The molecule has 2 rings (SSSR count). The van der Waals surface area contributed by atoms with Crippen molar-refractivity contribution in [3.8, 4) is 0 Å². The number of nitrogens with two attached hydrogens (primary N) is 1. The lowest BCUT2D eigenvalue weighted by Crippen LogP contribution is -2.05. The van der Waals surface area contributed by atoms with Crippen molar-refractivity contribution < 1.29 is 13.2 Å². The third-order valence-electron chi connectivity index (χ3n) is 4.10. The van der Waals surface area contributed by atoms with Crippen molar-refractivity contribution in [3.63, 3.8) is 0 Å². The van der Waals surface area contributed by atoms with Crippen LogP contribution in [0.5, 0.6) is 0 Å². The van der Waals surface area contributed by atoms with E-state index in [2.05, 4.69) is 0 Å². The Morgan fingerprint density at radius 3 is 2.46 bits per heavy atom. The number of hydrogen-bond donors (Lipinski definition) is 2. The smallest absolute Gasteiger partial charge is 0.398 e. The second-order valence-corrected chi connectivity index (χ2v) is 5.92. The summed E-state index contributed by atoms with van der Waals surface area (Å²) in [5.74, 6) is 0. The lowest BCUT2D eigenvalue weighted by molar-refractivity contribution is -0.137. The molecule has 0 aliphatic carbocycles. The van der Waals surface area contributed by atoms with Gasteiger partial charge >= 0.3 is 6.18 Å². The summed E-state index contributed by atoms with van der Waals surface area (Å²) in [5.41, 5.74) is 9.06. The van der Waals surface area contributed by atoms with Gasteiger partial charge in [0.25, 0.3) is 0 Å². The third-order valence-corrected chi connectivity index (χ3v) is 4.10. The maximum absolute atomic E-state index is 13.0. The van der Waals surface area contributed by atoms with Crippen molar-refractivity contribution in [1.82, 2.24) is 0 Å². The average molecular weight is 358 g/mol. The predicted octanol–water partition coefficient (Wildman–Crippen LogP) is 6.18. The van der Waals surface area contributed by atoms with Gasteiger partial charge in [-0.1, -0.05) is 37.3 Å². The molecule has 2 nitrogen and oxygen atoms in total. The van der Waals surface area contributed by atoms with Gasteiger partial charge < -0.3 is 11.1 Å². The topological polar surface area (TPSA) is 49.9 Å². The maximum Gasteiger partial charge on any atom is 0.416 e. The first-order chi connectivity index (χ1) is 12.3. The number of nitrogens with one attached hydrogen (secondary N) is 1. The molecule has 0 heterocycles. The monoisotopic (exact) mass is 358 g/mol. The molecule has 26 heavy (non-hydrogen) atoms. The van der Waals surface area contributed by atoms with Crippen LogP contribution >= 0.6 is 0 Å². The van der Waals surface area contributed by atoms with Crippen molar-refractivity contribution in [2.45, 2.75) is 26.4 Å². The van der Waals surface area contributed by atoms with Gasteiger partial charge in [-0.2, -0.15) is 13.2 Å². The van der Waals surface area contributed by atoms with Crippen LogP contribution in [0.4, 0.5) is 18.9 Å². The summed E-state index contributed by atoms with van der Waals surface area (Å²) in [6, 6.07) is 10.6. The molecule has 3 N–H and O–H groups in total. The van der Waals surface area contributed by atoms with E-state index < -0.39 is 11.7 Å². The summed E-state index contributed by atoms with van der Waals surface area (Å²) in [7, 11) is 0. The van der Waals surface area contributed by atoms with Crippen LogP contribution in [-0.4, -0.2) is 6.21 Å². The van der Waals surface area contributed by atoms with Crippen LogP contribution in [-0.2, 0) is 6.18 Å². The van der Waals surface area contributed by atoms with Crippen LogP contribution in [0.1, 0.15) is 42.5 Å². The summed E-state index contributed by atoms with van der Waals surface area (Å²) in [6.45, 7) is 3.78. The van der Waals surface area contributed by atoms with Crippen molar-refractivity contribution in [2.24, 2.45) is 0 Å². The van der Waals surface area contributed by atoms with Crippen LogP contribution in [0.15, 0.2) is 54.6 Å². The van der Waals surface area contributed by atoms with Crippen molar-refractivity contribution >= 4 is 23.0 Å². The first-order valence-corrected chi connectivity index (χ1v) is 8.23. The van der Waals surface area contributed by atoms with Crippen LogP contribution in [0.25, 0.3) is 11.1 Å². The number of benzene rings is 2. The molecule has 0 fully saturated rings. The van der Waals surface area contributed by atoms with E-state index in [1.54, 1.807) is 25.1 Å². The minimum atomic E-state index is -4.38. The highest BCUT2D eigenvalue weighted by Gasteiger charge is 2.30. The van der Waals surface area contributed by atoms with E-state index in [0.717, 1.165) is 35.3 Å². The SMILES string of the molecule is CC/C=C\C(=C(/C)c1cccc(C(F)(F)F)c1)c1ccc(N)c(C=N)c1. The molecule has 5 heteroatoms. The molecular formula is C21H21F3N2. The highest BCUT2D eigenvalue weighted by atomic mass is 19.4. The molecule has 0 aromatic heterocycles. The second kappa shape index (κ2) is 8.04. The number of hydrogen-bond acceptors (Lipinski definition) is 2. The molecule has 0 saturated heterocycles. The highest BCUT2D eigenvalue weighted by Crippen LogP contribution is 2.34. The van der Waals surface area contributed by atoms with Gasteiger partial charge in [-0.25, -0.2) is 0 Å². The third kappa shape index (κ3) is 4.42. The Bertz CT molecular complexity index is 862. The molecule has 0 amide bonds. The van der Waals surface area contributed by atoms with Crippen molar-refractivity contribution in [2.75, 3.05) is 5.73 Å². The van der Waals surface area contributed by atoms with Gasteiger partial charge in [0.1, 0.15) is 0 Å². The van der Waals surface area contributed by atoms with Crippen LogP contribution in [0.3, 0.4) is 0 Å². The zero-order chi connectivity index (χ0) is 19.3. The lowest BCUT2D eigenvalue weighted by Gasteiger charge is -2.13. The van der Waals surface area contributed by atoms with Crippen LogP contribution < -0.4 is 5.73 Å². The molecule has 0 bridgehead atoms. The van der Waals surface area contributed by atoms with Gasteiger partial charge in [-0.15, -0.1) is 0 Å². The van der Waals surface area contributed by atoms with E-state index in [9.17, 15) is 13.2 Å².